The van der Waals surface area contributed by atoms with E-state index in [0.717, 1.165) is 5.69 Å². The second-order valence-corrected chi connectivity index (χ2v) is 2.86. The Bertz CT molecular complexity index is 370. The highest BCUT2D eigenvalue weighted by Crippen LogP contribution is 2.33. The Kier molecular flexibility index (Phi) is 1.71. The molecule has 1 heterocycles. The summed E-state index contributed by atoms with van der Waals surface area (Å²) in [4.78, 5) is 0. The summed E-state index contributed by atoms with van der Waals surface area (Å²) in [6.07, 6.45) is 0. The lowest BCUT2D eigenvalue weighted by Gasteiger charge is -2.23. The Morgan fingerprint density at radius 3 is 3.23 bits per heavy atom. The Hall–Kier alpha value is -1.89. The number of anilines is 2. The van der Waals surface area contributed by atoms with Crippen LogP contribution in [0.2, 0.25) is 0 Å². The Morgan fingerprint density at radius 2 is 2.46 bits per heavy atom. The summed E-state index contributed by atoms with van der Waals surface area (Å²) in [5, 5.41) is 11.7. The number of rotatable bonds is 0. The number of nitrogens with two attached hydrogens (primary N) is 1. The molecule has 13 heavy (non-hydrogen) atoms. The van der Waals surface area contributed by atoms with Crippen LogP contribution in [0.25, 0.3) is 0 Å². The summed E-state index contributed by atoms with van der Waals surface area (Å²) in [6.45, 7) is 0.345. The topological polar surface area (TPSA) is 71.1 Å². The number of fused-ring (bicyclic) bond motifs is 1. The summed E-state index contributed by atoms with van der Waals surface area (Å²) >= 11 is 0. The first-order valence-electron chi connectivity index (χ1n) is 3.98. The van der Waals surface area contributed by atoms with Gasteiger partial charge < -0.3 is 15.8 Å². The molecule has 0 amide bonds. The SMILES string of the molecule is N#CC1COc2c(N)cccc2N1. The van der Waals surface area contributed by atoms with Gasteiger partial charge in [0.1, 0.15) is 12.6 Å². The maximum atomic E-state index is 8.66. The monoisotopic (exact) mass is 175 g/mol. The normalized spacial score (nSPS) is 19.2. The van der Waals surface area contributed by atoms with Crippen molar-refractivity contribution in [2.45, 2.75) is 6.04 Å². The van der Waals surface area contributed by atoms with E-state index in [1.54, 1.807) is 6.07 Å². The van der Waals surface area contributed by atoms with E-state index < -0.39 is 0 Å². The molecule has 0 fully saturated rings. The summed E-state index contributed by atoms with van der Waals surface area (Å²) in [5.74, 6) is 0.647. The second kappa shape index (κ2) is 2.87. The van der Waals surface area contributed by atoms with Gasteiger partial charge in [0, 0.05) is 0 Å². The molecule has 0 radical (unpaired) electrons. The molecular weight excluding hydrogens is 166 g/mol. The Morgan fingerprint density at radius 1 is 1.62 bits per heavy atom. The molecule has 0 bridgehead atoms. The molecule has 2 rings (SSSR count). The predicted octanol–water partition coefficient (Wildman–Crippen LogP) is 0.965. The van der Waals surface area contributed by atoms with Gasteiger partial charge in [0.05, 0.1) is 17.4 Å². The minimum atomic E-state index is -0.283. The summed E-state index contributed by atoms with van der Waals surface area (Å²) in [7, 11) is 0. The lowest BCUT2D eigenvalue weighted by Crippen LogP contribution is -2.30. The molecule has 66 valence electrons. The zero-order valence-electron chi connectivity index (χ0n) is 6.95. The fraction of sp³-hybridized carbons (Fsp3) is 0.222. The number of nitrogens with zero attached hydrogens (tertiary/aromatic N) is 1. The van der Waals surface area contributed by atoms with E-state index in [9.17, 15) is 0 Å². The molecule has 1 aromatic carbocycles. The Labute approximate surface area is 75.9 Å². The van der Waals surface area contributed by atoms with Gasteiger partial charge in [-0.3, -0.25) is 0 Å². The third kappa shape index (κ3) is 1.25. The number of nitriles is 1. The lowest BCUT2D eigenvalue weighted by atomic mass is 10.2. The van der Waals surface area contributed by atoms with Crippen molar-refractivity contribution in [3.05, 3.63) is 18.2 Å². The predicted molar refractivity (Wildman–Crippen MR) is 49.4 cm³/mol. The van der Waals surface area contributed by atoms with Crippen molar-refractivity contribution >= 4 is 11.4 Å². The average molecular weight is 175 g/mol. The molecule has 0 aromatic heterocycles. The van der Waals surface area contributed by atoms with Crippen molar-refractivity contribution < 1.29 is 4.74 Å². The van der Waals surface area contributed by atoms with Crippen LogP contribution in [0.15, 0.2) is 18.2 Å². The fourth-order valence-corrected chi connectivity index (χ4v) is 1.30. The summed E-state index contributed by atoms with van der Waals surface area (Å²) in [6, 6.07) is 7.24. The Balaban J connectivity index is 2.37. The standard InChI is InChI=1S/C9H9N3O/c10-4-6-5-13-9-7(11)2-1-3-8(9)12-6/h1-3,6,12H,5,11H2. The van der Waals surface area contributed by atoms with Crippen molar-refractivity contribution in [2.75, 3.05) is 17.7 Å². The van der Waals surface area contributed by atoms with Crippen LogP contribution in [0.1, 0.15) is 0 Å². The quantitative estimate of drug-likeness (QED) is 0.576. The molecule has 1 unspecified atom stereocenters. The molecular formula is C9H9N3O. The number of para-hydroxylation sites is 1. The lowest BCUT2D eigenvalue weighted by molar-refractivity contribution is 0.305. The van der Waals surface area contributed by atoms with Gasteiger partial charge in [0.2, 0.25) is 0 Å². The highest BCUT2D eigenvalue weighted by atomic mass is 16.5. The second-order valence-electron chi connectivity index (χ2n) is 2.86. The van der Waals surface area contributed by atoms with Crippen molar-refractivity contribution in [3.8, 4) is 11.8 Å². The summed E-state index contributed by atoms with van der Waals surface area (Å²) in [5.41, 5.74) is 7.07. The van der Waals surface area contributed by atoms with E-state index in [2.05, 4.69) is 11.4 Å². The zero-order valence-corrected chi connectivity index (χ0v) is 6.95. The van der Waals surface area contributed by atoms with E-state index in [1.165, 1.54) is 0 Å². The van der Waals surface area contributed by atoms with Gasteiger partial charge in [-0.2, -0.15) is 5.26 Å². The minimum absolute atomic E-state index is 0.283. The van der Waals surface area contributed by atoms with Crippen LogP contribution in [-0.2, 0) is 0 Å². The van der Waals surface area contributed by atoms with Crippen LogP contribution < -0.4 is 15.8 Å². The van der Waals surface area contributed by atoms with Crippen molar-refractivity contribution in [2.24, 2.45) is 0 Å². The summed E-state index contributed by atoms with van der Waals surface area (Å²) < 4.78 is 5.35. The molecule has 1 aliphatic heterocycles. The van der Waals surface area contributed by atoms with Crippen molar-refractivity contribution in [1.82, 2.24) is 0 Å². The van der Waals surface area contributed by atoms with E-state index in [0.29, 0.717) is 18.0 Å². The number of benzene rings is 1. The third-order valence-corrected chi connectivity index (χ3v) is 1.93. The molecule has 4 heteroatoms. The highest BCUT2D eigenvalue weighted by Gasteiger charge is 2.19. The number of hydrogen-bond donors (Lipinski definition) is 2. The van der Waals surface area contributed by atoms with Crippen molar-refractivity contribution in [1.29, 1.82) is 5.26 Å². The van der Waals surface area contributed by atoms with E-state index in [-0.39, 0.29) is 6.04 Å². The van der Waals surface area contributed by atoms with Gasteiger partial charge in [-0.25, -0.2) is 0 Å². The average Bonchev–Trinajstić information content (AvgIpc) is 2.18. The fourth-order valence-electron chi connectivity index (χ4n) is 1.30. The largest absolute Gasteiger partial charge is 0.486 e. The number of nitrogen functional groups attached to an aromatic ring is 1. The molecule has 0 saturated heterocycles. The van der Waals surface area contributed by atoms with Gasteiger partial charge in [0.15, 0.2) is 5.75 Å². The number of nitrogens with one attached hydrogen (secondary N) is 1. The zero-order chi connectivity index (χ0) is 9.26. The van der Waals surface area contributed by atoms with Gasteiger partial charge >= 0.3 is 0 Å². The minimum Gasteiger partial charge on any atom is -0.486 e. The highest BCUT2D eigenvalue weighted by molar-refractivity contribution is 5.70. The van der Waals surface area contributed by atoms with Crippen LogP contribution in [0.3, 0.4) is 0 Å². The first-order chi connectivity index (χ1) is 6.31. The van der Waals surface area contributed by atoms with Gasteiger partial charge in [-0.1, -0.05) is 6.07 Å². The van der Waals surface area contributed by atoms with E-state index in [1.807, 2.05) is 12.1 Å². The van der Waals surface area contributed by atoms with Gasteiger partial charge in [-0.05, 0) is 12.1 Å². The van der Waals surface area contributed by atoms with Gasteiger partial charge in [-0.15, -0.1) is 0 Å². The molecule has 0 saturated carbocycles. The smallest absolute Gasteiger partial charge is 0.165 e. The molecule has 1 aromatic rings. The van der Waals surface area contributed by atoms with Crippen LogP contribution >= 0.6 is 0 Å². The van der Waals surface area contributed by atoms with Crippen LogP contribution in [-0.4, -0.2) is 12.6 Å². The van der Waals surface area contributed by atoms with Crippen molar-refractivity contribution in [3.63, 3.8) is 0 Å². The maximum absolute atomic E-state index is 8.66. The maximum Gasteiger partial charge on any atom is 0.165 e. The third-order valence-electron chi connectivity index (χ3n) is 1.93. The van der Waals surface area contributed by atoms with Crippen LogP contribution in [0.5, 0.6) is 5.75 Å². The molecule has 0 aliphatic carbocycles. The molecule has 1 atom stereocenters. The molecule has 1 aliphatic rings. The van der Waals surface area contributed by atoms with Gasteiger partial charge in [0.25, 0.3) is 0 Å². The molecule has 3 N–H and O–H groups in total. The van der Waals surface area contributed by atoms with E-state index >= 15 is 0 Å². The van der Waals surface area contributed by atoms with E-state index in [4.69, 9.17) is 15.7 Å². The molecule has 4 nitrogen and oxygen atoms in total. The first-order valence-corrected chi connectivity index (χ1v) is 3.98. The number of hydrogen-bond acceptors (Lipinski definition) is 4. The molecule has 0 spiro atoms. The first kappa shape index (κ1) is 7.74. The number of ether oxygens (including phenoxy) is 1. The van der Waals surface area contributed by atoms with Crippen LogP contribution in [0, 0.1) is 11.3 Å². The van der Waals surface area contributed by atoms with Crippen LogP contribution in [0.4, 0.5) is 11.4 Å².